The maximum atomic E-state index is 3.55. The number of fused-ring (bicyclic) bond motifs is 1. The lowest BCUT2D eigenvalue weighted by Gasteiger charge is -2.29. The van der Waals surface area contributed by atoms with E-state index in [-0.39, 0.29) is 0 Å². The molecule has 1 aliphatic heterocycles. The second-order valence-electron chi connectivity index (χ2n) is 5.56. The van der Waals surface area contributed by atoms with E-state index >= 15 is 0 Å². The molecule has 3 rings (SSSR count). The summed E-state index contributed by atoms with van der Waals surface area (Å²) in [4.78, 5) is 2.49. The number of nitrogens with zero attached hydrogens (tertiary/aromatic N) is 1. The SMILES string of the molecule is Cc1ccc(CN2CCCCNc3ccccc32)cc1. The van der Waals surface area contributed by atoms with E-state index in [0.29, 0.717) is 0 Å². The molecule has 2 heteroatoms. The van der Waals surface area contributed by atoms with Crippen molar-refractivity contribution in [3.63, 3.8) is 0 Å². The van der Waals surface area contributed by atoms with Gasteiger partial charge in [-0.3, -0.25) is 0 Å². The van der Waals surface area contributed by atoms with Crippen LogP contribution in [0.1, 0.15) is 24.0 Å². The fourth-order valence-corrected chi connectivity index (χ4v) is 2.75. The molecule has 20 heavy (non-hydrogen) atoms. The van der Waals surface area contributed by atoms with Gasteiger partial charge in [0.05, 0.1) is 11.4 Å². The van der Waals surface area contributed by atoms with Crippen molar-refractivity contribution in [1.82, 2.24) is 0 Å². The molecule has 1 N–H and O–H groups in total. The zero-order chi connectivity index (χ0) is 13.8. The van der Waals surface area contributed by atoms with E-state index < -0.39 is 0 Å². The summed E-state index contributed by atoms with van der Waals surface area (Å²) in [5, 5.41) is 3.55. The summed E-state index contributed by atoms with van der Waals surface area (Å²) in [6.07, 6.45) is 2.48. The van der Waals surface area contributed by atoms with Gasteiger partial charge < -0.3 is 10.2 Å². The Balaban J connectivity index is 1.86. The highest BCUT2D eigenvalue weighted by Crippen LogP contribution is 2.28. The minimum absolute atomic E-state index is 0.985. The predicted molar refractivity (Wildman–Crippen MR) is 86.4 cm³/mol. The average Bonchev–Trinajstić information content (AvgIpc) is 2.46. The van der Waals surface area contributed by atoms with Crippen LogP contribution in [0.2, 0.25) is 0 Å². The van der Waals surface area contributed by atoms with Crippen LogP contribution in [0, 0.1) is 6.92 Å². The second kappa shape index (κ2) is 6.00. The predicted octanol–water partition coefficient (Wildman–Crippen LogP) is 4.21. The molecule has 1 aliphatic rings. The van der Waals surface area contributed by atoms with Crippen molar-refractivity contribution >= 4 is 11.4 Å². The van der Waals surface area contributed by atoms with Crippen LogP contribution in [0.15, 0.2) is 48.5 Å². The summed E-state index contributed by atoms with van der Waals surface area (Å²) in [6, 6.07) is 17.5. The molecule has 0 saturated carbocycles. The van der Waals surface area contributed by atoms with E-state index in [1.807, 2.05) is 0 Å². The number of rotatable bonds is 2. The van der Waals surface area contributed by atoms with Crippen molar-refractivity contribution in [2.45, 2.75) is 26.3 Å². The van der Waals surface area contributed by atoms with Gasteiger partial charge in [0.2, 0.25) is 0 Å². The lowest BCUT2D eigenvalue weighted by molar-refractivity contribution is 0.691. The van der Waals surface area contributed by atoms with Gasteiger partial charge >= 0.3 is 0 Å². The monoisotopic (exact) mass is 266 g/mol. The van der Waals surface area contributed by atoms with Crippen LogP contribution in [0.3, 0.4) is 0 Å². The number of aryl methyl sites for hydroxylation is 1. The minimum Gasteiger partial charge on any atom is -0.383 e. The molecule has 2 aromatic carbocycles. The van der Waals surface area contributed by atoms with Crippen LogP contribution in [-0.2, 0) is 6.54 Å². The van der Waals surface area contributed by atoms with E-state index in [2.05, 4.69) is 65.7 Å². The van der Waals surface area contributed by atoms with Gasteiger partial charge in [-0.2, -0.15) is 0 Å². The smallest absolute Gasteiger partial charge is 0.0605 e. The number of benzene rings is 2. The molecule has 0 radical (unpaired) electrons. The third-order valence-corrected chi connectivity index (χ3v) is 3.91. The summed E-state index contributed by atoms with van der Waals surface area (Å²) >= 11 is 0. The van der Waals surface area contributed by atoms with E-state index in [1.54, 1.807) is 0 Å². The molecule has 0 unspecified atom stereocenters. The van der Waals surface area contributed by atoms with Gasteiger partial charge in [0.1, 0.15) is 0 Å². The Kier molecular flexibility index (Phi) is 3.91. The molecule has 104 valence electrons. The fourth-order valence-electron chi connectivity index (χ4n) is 2.75. The van der Waals surface area contributed by atoms with Gasteiger partial charge in [0, 0.05) is 19.6 Å². The van der Waals surface area contributed by atoms with Crippen LogP contribution in [-0.4, -0.2) is 13.1 Å². The largest absolute Gasteiger partial charge is 0.383 e. The first-order valence-electron chi connectivity index (χ1n) is 7.46. The van der Waals surface area contributed by atoms with Crippen molar-refractivity contribution in [1.29, 1.82) is 0 Å². The normalized spacial score (nSPS) is 14.9. The minimum atomic E-state index is 0.985. The Hall–Kier alpha value is -1.96. The van der Waals surface area contributed by atoms with Gasteiger partial charge in [-0.25, -0.2) is 0 Å². The topological polar surface area (TPSA) is 15.3 Å². The van der Waals surface area contributed by atoms with E-state index in [0.717, 1.165) is 19.6 Å². The summed E-state index contributed by atoms with van der Waals surface area (Å²) in [5.41, 5.74) is 5.29. The summed E-state index contributed by atoms with van der Waals surface area (Å²) in [6.45, 7) is 5.33. The molecule has 0 spiro atoms. The highest BCUT2D eigenvalue weighted by atomic mass is 15.1. The summed E-state index contributed by atoms with van der Waals surface area (Å²) in [5.74, 6) is 0. The highest BCUT2D eigenvalue weighted by Gasteiger charge is 2.13. The number of hydrogen-bond donors (Lipinski definition) is 1. The van der Waals surface area contributed by atoms with Gasteiger partial charge in [-0.15, -0.1) is 0 Å². The second-order valence-corrected chi connectivity index (χ2v) is 5.56. The van der Waals surface area contributed by atoms with Crippen LogP contribution in [0.25, 0.3) is 0 Å². The van der Waals surface area contributed by atoms with Gasteiger partial charge in [0.15, 0.2) is 0 Å². The molecule has 0 aromatic heterocycles. The lowest BCUT2D eigenvalue weighted by atomic mass is 10.1. The van der Waals surface area contributed by atoms with Crippen molar-refractivity contribution in [3.8, 4) is 0 Å². The van der Waals surface area contributed by atoms with Crippen molar-refractivity contribution in [2.75, 3.05) is 23.3 Å². The molecule has 0 amide bonds. The number of anilines is 2. The van der Waals surface area contributed by atoms with Crippen molar-refractivity contribution in [3.05, 3.63) is 59.7 Å². The van der Waals surface area contributed by atoms with Crippen molar-refractivity contribution < 1.29 is 0 Å². The highest BCUT2D eigenvalue weighted by molar-refractivity contribution is 5.70. The maximum Gasteiger partial charge on any atom is 0.0605 e. The molecular weight excluding hydrogens is 244 g/mol. The number of hydrogen-bond acceptors (Lipinski definition) is 2. The molecule has 2 nitrogen and oxygen atoms in total. The Morgan fingerprint density at radius 1 is 1.00 bits per heavy atom. The van der Waals surface area contributed by atoms with Crippen LogP contribution >= 0.6 is 0 Å². The third-order valence-electron chi connectivity index (χ3n) is 3.91. The van der Waals surface area contributed by atoms with E-state index in [4.69, 9.17) is 0 Å². The Morgan fingerprint density at radius 2 is 1.80 bits per heavy atom. The first-order valence-corrected chi connectivity index (χ1v) is 7.46. The Bertz CT molecular complexity index is 560. The third kappa shape index (κ3) is 2.96. The molecule has 0 fully saturated rings. The van der Waals surface area contributed by atoms with Crippen LogP contribution in [0.4, 0.5) is 11.4 Å². The average molecular weight is 266 g/mol. The van der Waals surface area contributed by atoms with E-state index in [1.165, 1.54) is 35.3 Å². The Morgan fingerprint density at radius 3 is 2.65 bits per heavy atom. The lowest BCUT2D eigenvalue weighted by Crippen LogP contribution is -2.27. The molecule has 0 atom stereocenters. The zero-order valence-corrected chi connectivity index (χ0v) is 12.1. The van der Waals surface area contributed by atoms with E-state index in [9.17, 15) is 0 Å². The first-order chi connectivity index (χ1) is 9.83. The fraction of sp³-hybridized carbons (Fsp3) is 0.333. The molecule has 1 heterocycles. The summed E-state index contributed by atoms with van der Waals surface area (Å²) < 4.78 is 0. The van der Waals surface area contributed by atoms with Gasteiger partial charge in [0.25, 0.3) is 0 Å². The standard InChI is InChI=1S/C18H22N2/c1-15-8-10-16(11-9-15)14-20-13-5-4-12-19-17-6-2-3-7-18(17)20/h2-3,6-11,19H,4-5,12-14H2,1H3. The van der Waals surface area contributed by atoms with Crippen LogP contribution in [0.5, 0.6) is 0 Å². The first kappa shape index (κ1) is 13.0. The zero-order valence-electron chi connectivity index (χ0n) is 12.1. The molecule has 2 aromatic rings. The van der Waals surface area contributed by atoms with Gasteiger partial charge in [-0.1, -0.05) is 42.0 Å². The molecule has 0 bridgehead atoms. The van der Waals surface area contributed by atoms with Crippen LogP contribution < -0.4 is 10.2 Å². The van der Waals surface area contributed by atoms with Gasteiger partial charge in [-0.05, 0) is 37.5 Å². The quantitative estimate of drug-likeness (QED) is 0.876. The maximum absolute atomic E-state index is 3.55. The molecular formula is C18H22N2. The Labute approximate surface area is 121 Å². The number of para-hydroxylation sites is 2. The summed E-state index contributed by atoms with van der Waals surface area (Å²) in [7, 11) is 0. The van der Waals surface area contributed by atoms with Crippen molar-refractivity contribution in [2.24, 2.45) is 0 Å². The number of nitrogens with one attached hydrogen (secondary N) is 1. The molecule has 0 saturated heterocycles. The molecule has 0 aliphatic carbocycles.